The number of hydrogen-bond donors (Lipinski definition) is 1. The Bertz CT molecular complexity index is 628. The Morgan fingerprint density at radius 2 is 2.16 bits per heavy atom. The van der Waals surface area contributed by atoms with E-state index in [-0.39, 0.29) is 16.6 Å². The van der Waals surface area contributed by atoms with Crippen LogP contribution in [0.2, 0.25) is 0 Å². The maximum Gasteiger partial charge on any atom is 0.246 e. The van der Waals surface area contributed by atoms with Crippen LogP contribution in [0.4, 0.5) is 10.1 Å². The third kappa shape index (κ3) is 3.23. The Morgan fingerprint density at radius 3 is 2.68 bits per heavy atom. The molecule has 0 amide bonds. The van der Waals surface area contributed by atoms with Gasteiger partial charge in [-0.2, -0.15) is 9.57 Å². The van der Waals surface area contributed by atoms with Crippen molar-refractivity contribution < 1.29 is 12.8 Å². The van der Waals surface area contributed by atoms with Crippen molar-refractivity contribution in [3.05, 3.63) is 22.4 Å². The summed E-state index contributed by atoms with van der Waals surface area (Å²) in [7, 11) is -2.72. The van der Waals surface area contributed by atoms with Gasteiger partial charge in [-0.3, -0.25) is 0 Å². The van der Waals surface area contributed by atoms with Crippen LogP contribution in [0.5, 0.6) is 0 Å². The standard InChI is InChI=1S/C11H13BrFN3O2S/c1-7(3-4-14)16(2)19(17,18)11-6-10(15)8(12)5-9(11)13/h5-7H,3,15H2,1-2H3. The molecule has 0 aliphatic heterocycles. The highest BCUT2D eigenvalue weighted by Crippen LogP contribution is 2.28. The second kappa shape index (κ2) is 5.86. The van der Waals surface area contributed by atoms with Gasteiger partial charge in [0.15, 0.2) is 0 Å². The van der Waals surface area contributed by atoms with Gasteiger partial charge in [0, 0.05) is 23.2 Å². The average molecular weight is 350 g/mol. The summed E-state index contributed by atoms with van der Waals surface area (Å²) in [5.74, 6) is -0.892. The summed E-state index contributed by atoms with van der Waals surface area (Å²) in [6.07, 6.45) is 0.0172. The van der Waals surface area contributed by atoms with Crippen LogP contribution in [0.25, 0.3) is 0 Å². The Labute approximate surface area is 120 Å². The van der Waals surface area contributed by atoms with Crippen LogP contribution in [0.15, 0.2) is 21.5 Å². The van der Waals surface area contributed by atoms with E-state index in [4.69, 9.17) is 11.0 Å². The van der Waals surface area contributed by atoms with E-state index in [1.54, 1.807) is 6.92 Å². The Morgan fingerprint density at radius 1 is 1.58 bits per heavy atom. The zero-order valence-electron chi connectivity index (χ0n) is 10.4. The Balaban J connectivity index is 3.29. The van der Waals surface area contributed by atoms with Gasteiger partial charge in [-0.15, -0.1) is 0 Å². The average Bonchev–Trinajstić information content (AvgIpc) is 2.32. The fourth-order valence-electron chi connectivity index (χ4n) is 1.40. The third-order valence-corrected chi connectivity index (χ3v) is 5.39. The summed E-state index contributed by atoms with van der Waals surface area (Å²) in [6, 6.07) is 3.38. The van der Waals surface area contributed by atoms with Crippen molar-refractivity contribution in [3.8, 4) is 6.07 Å². The molecular formula is C11H13BrFN3O2S. The number of hydrogen-bond acceptors (Lipinski definition) is 4. The van der Waals surface area contributed by atoms with E-state index in [0.29, 0.717) is 0 Å². The predicted octanol–water partition coefficient (Wildman–Crippen LogP) is 2.09. The summed E-state index contributed by atoms with van der Waals surface area (Å²) >= 11 is 3.02. The van der Waals surface area contributed by atoms with E-state index < -0.39 is 26.8 Å². The fourth-order valence-corrected chi connectivity index (χ4v) is 3.15. The van der Waals surface area contributed by atoms with E-state index in [2.05, 4.69) is 15.9 Å². The molecule has 8 heteroatoms. The number of nitrogen functional groups attached to an aromatic ring is 1. The minimum absolute atomic E-state index is 0.0172. The molecule has 0 heterocycles. The maximum atomic E-state index is 13.8. The number of anilines is 1. The number of sulfonamides is 1. The van der Waals surface area contributed by atoms with E-state index in [1.807, 2.05) is 6.07 Å². The minimum atomic E-state index is -4.02. The molecule has 0 bridgehead atoms. The molecule has 1 atom stereocenters. The highest BCUT2D eigenvalue weighted by atomic mass is 79.9. The van der Waals surface area contributed by atoms with Crippen molar-refractivity contribution >= 4 is 31.6 Å². The molecule has 0 fully saturated rings. The van der Waals surface area contributed by atoms with Gasteiger partial charge in [0.05, 0.1) is 12.5 Å². The first-order chi connectivity index (χ1) is 8.71. The number of halogens is 2. The van der Waals surface area contributed by atoms with Crippen LogP contribution < -0.4 is 5.73 Å². The summed E-state index contributed by atoms with van der Waals surface area (Å²) in [6.45, 7) is 1.57. The molecule has 1 aromatic carbocycles. The van der Waals surface area contributed by atoms with Gasteiger partial charge in [-0.05, 0) is 35.0 Å². The molecule has 1 rings (SSSR count). The Hall–Kier alpha value is -1.17. The molecule has 0 spiro atoms. The van der Waals surface area contributed by atoms with Gasteiger partial charge < -0.3 is 5.73 Å². The van der Waals surface area contributed by atoms with E-state index in [9.17, 15) is 12.8 Å². The maximum absolute atomic E-state index is 13.8. The van der Waals surface area contributed by atoms with E-state index >= 15 is 0 Å². The lowest BCUT2D eigenvalue weighted by Crippen LogP contribution is -2.35. The highest BCUT2D eigenvalue weighted by molar-refractivity contribution is 9.10. The molecule has 5 nitrogen and oxygen atoms in total. The van der Waals surface area contributed by atoms with Crippen LogP contribution in [-0.2, 0) is 10.0 Å². The molecule has 19 heavy (non-hydrogen) atoms. The van der Waals surface area contributed by atoms with Crippen molar-refractivity contribution in [3.63, 3.8) is 0 Å². The molecule has 0 saturated heterocycles. The highest BCUT2D eigenvalue weighted by Gasteiger charge is 2.28. The Kier molecular flexibility index (Phi) is 4.90. The monoisotopic (exact) mass is 349 g/mol. The minimum Gasteiger partial charge on any atom is -0.398 e. The second-order valence-electron chi connectivity index (χ2n) is 4.04. The molecule has 0 saturated carbocycles. The molecule has 1 aromatic rings. The van der Waals surface area contributed by atoms with Gasteiger partial charge in [0.1, 0.15) is 10.7 Å². The normalized spacial score (nSPS) is 13.3. The van der Waals surface area contributed by atoms with Crippen LogP contribution in [-0.4, -0.2) is 25.8 Å². The molecule has 0 aliphatic rings. The first-order valence-corrected chi connectivity index (χ1v) is 7.54. The van der Waals surface area contributed by atoms with E-state index in [1.165, 1.54) is 7.05 Å². The number of benzene rings is 1. The van der Waals surface area contributed by atoms with Gasteiger partial charge in [-0.1, -0.05) is 0 Å². The molecular weight excluding hydrogens is 337 g/mol. The molecule has 0 aliphatic carbocycles. The largest absolute Gasteiger partial charge is 0.398 e. The lowest BCUT2D eigenvalue weighted by atomic mass is 10.3. The van der Waals surface area contributed by atoms with Crippen molar-refractivity contribution in [2.24, 2.45) is 0 Å². The first kappa shape index (κ1) is 15.9. The number of nitrogens with zero attached hydrogens (tertiary/aromatic N) is 2. The summed E-state index contributed by atoms with van der Waals surface area (Å²) in [4.78, 5) is -0.500. The number of nitriles is 1. The van der Waals surface area contributed by atoms with Crippen molar-refractivity contribution in [1.29, 1.82) is 5.26 Å². The topological polar surface area (TPSA) is 87.2 Å². The lowest BCUT2D eigenvalue weighted by Gasteiger charge is -2.22. The number of rotatable bonds is 4. The van der Waals surface area contributed by atoms with Crippen molar-refractivity contribution in [1.82, 2.24) is 4.31 Å². The SMILES string of the molecule is CC(CC#N)N(C)S(=O)(=O)c1cc(N)c(Br)cc1F. The quantitative estimate of drug-likeness (QED) is 0.843. The van der Waals surface area contributed by atoms with Gasteiger partial charge in [-0.25, -0.2) is 12.8 Å². The molecule has 1 unspecified atom stereocenters. The van der Waals surface area contributed by atoms with Crippen LogP contribution in [0.3, 0.4) is 0 Å². The molecule has 2 N–H and O–H groups in total. The lowest BCUT2D eigenvalue weighted by molar-refractivity contribution is 0.390. The number of nitrogens with two attached hydrogens (primary N) is 1. The zero-order chi connectivity index (χ0) is 14.8. The summed E-state index contributed by atoms with van der Waals surface area (Å²) in [5.41, 5.74) is 5.70. The van der Waals surface area contributed by atoms with Crippen molar-refractivity contribution in [2.45, 2.75) is 24.3 Å². The van der Waals surface area contributed by atoms with Crippen LogP contribution in [0.1, 0.15) is 13.3 Å². The first-order valence-electron chi connectivity index (χ1n) is 5.31. The van der Waals surface area contributed by atoms with Crippen LogP contribution in [0, 0.1) is 17.1 Å². The predicted molar refractivity (Wildman–Crippen MR) is 73.2 cm³/mol. The molecule has 0 radical (unpaired) electrons. The van der Waals surface area contributed by atoms with Gasteiger partial charge >= 0.3 is 0 Å². The van der Waals surface area contributed by atoms with Crippen molar-refractivity contribution in [2.75, 3.05) is 12.8 Å². The zero-order valence-corrected chi connectivity index (χ0v) is 12.8. The van der Waals surface area contributed by atoms with Gasteiger partial charge in [0.2, 0.25) is 10.0 Å². The van der Waals surface area contributed by atoms with Crippen LogP contribution >= 0.6 is 15.9 Å². The second-order valence-corrected chi connectivity index (χ2v) is 6.86. The smallest absolute Gasteiger partial charge is 0.246 e. The molecule has 0 aromatic heterocycles. The van der Waals surface area contributed by atoms with E-state index in [0.717, 1.165) is 16.4 Å². The summed E-state index contributed by atoms with van der Waals surface area (Å²) in [5, 5.41) is 8.59. The van der Waals surface area contributed by atoms with Gasteiger partial charge in [0.25, 0.3) is 0 Å². The molecule has 104 valence electrons. The fraction of sp³-hybridized carbons (Fsp3) is 0.364. The summed E-state index contributed by atoms with van der Waals surface area (Å²) < 4.78 is 39.5. The third-order valence-electron chi connectivity index (χ3n) is 2.72.